The van der Waals surface area contributed by atoms with Crippen LogP contribution in [0, 0.1) is 17.0 Å². The summed E-state index contributed by atoms with van der Waals surface area (Å²) in [4.78, 5) is 32.2. The number of carbonyl (C=O) groups excluding carboxylic acids is 2. The van der Waals surface area contributed by atoms with E-state index < -0.39 is 16.7 Å². The number of hydrogen-bond donors (Lipinski definition) is 2. The van der Waals surface area contributed by atoms with Crippen molar-refractivity contribution in [1.29, 1.82) is 0 Å². The third-order valence-electron chi connectivity index (χ3n) is 2.17. The largest absolute Gasteiger partial charge is 0.368 e. The molecule has 0 unspecified atom stereocenters. The quantitative estimate of drug-likeness (QED) is 0.571. The fourth-order valence-electron chi connectivity index (χ4n) is 1.33. The van der Waals surface area contributed by atoms with Crippen LogP contribution in [0.3, 0.4) is 0 Å². The maximum Gasteiger partial charge on any atom is 0.273 e. The van der Waals surface area contributed by atoms with Gasteiger partial charge < -0.3 is 11.1 Å². The van der Waals surface area contributed by atoms with Crippen LogP contribution in [0.4, 0.5) is 5.69 Å². The van der Waals surface area contributed by atoms with Gasteiger partial charge in [-0.3, -0.25) is 19.7 Å². The van der Waals surface area contributed by atoms with Gasteiger partial charge in [-0.2, -0.15) is 0 Å². The predicted octanol–water partition coefficient (Wildman–Crippen LogP) is 0.118. The average Bonchev–Trinajstić information content (AvgIpc) is 2.25. The van der Waals surface area contributed by atoms with E-state index in [0.717, 1.165) is 0 Å². The Morgan fingerprint density at radius 3 is 2.65 bits per heavy atom. The number of benzene rings is 1. The lowest BCUT2D eigenvalue weighted by molar-refractivity contribution is -0.385. The number of nitro benzene ring substituents is 1. The summed E-state index contributed by atoms with van der Waals surface area (Å²) in [5.74, 6) is -1.24. The first-order valence-corrected chi connectivity index (χ1v) is 4.74. The molecule has 1 rings (SSSR count). The first-order valence-electron chi connectivity index (χ1n) is 4.74. The molecule has 0 atom stereocenters. The standard InChI is InChI=1S/C10H11N3O4/c1-6-7(10(15)12-5-9(11)14)3-2-4-8(6)13(16)17/h2-4H,5H2,1H3,(H2,11,14)(H,12,15). The molecule has 1 aromatic carbocycles. The van der Waals surface area contributed by atoms with Crippen molar-refractivity contribution in [2.24, 2.45) is 5.73 Å². The molecule has 17 heavy (non-hydrogen) atoms. The lowest BCUT2D eigenvalue weighted by Crippen LogP contribution is -2.33. The third kappa shape index (κ3) is 3.00. The highest BCUT2D eigenvalue weighted by molar-refractivity contribution is 5.98. The van der Waals surface area contributed by atoms with Crippen molar-refractivity contribution in [3.63, 3.8) is 0 Å². The van der Waals surface area contributed by atoms with Gasteiger partial charge in [0.2, 0.25) is 5.91 Å². The first-order chi connectivity index (χ1) is 7.93. The Bertz CT molecular complexity index is 484. The molecule has 0 bridgehead atoms. The highest BCUT2D eigenvalue weighted by atomic mass is 16.6. The van der Waals surface area contributed by atoms with E-state index in [9.17, 15) is 19.7 Å². The Balaban J connectivity index is 2.98. The monoisotopic (exact) mass is 237 g/mol. The summed E-state index contributed by atoms with van der Waals surface area (Å²) in [7, 11) is 0. The molecule has 3 N–H and O–H groups in total. The lowest BCUT2D eigenvalue weighted by atomic mass is 10.1. The minimum Gasteiger partial charge on any atom is -0.368 e. The summed E-state index contributed by atoms with van der Waals surface area (Å²) in [6.45, 7) is 1.16. The number of amides is 2. The van der Waals surface area contributed by atoms with Gasteiger partial charge in [-0.1, -0.05) is 6.07 Å². The van der Waals surface area contributed by atoms with Crippen LogP contribution in [-0.4, -0.2) is 23.3 Å². The van der Waals surface area contributed by atoms with Crippen LogP contribution in [-0.2, 0) is 4.79 Å². The summed E-state index contributed by atoms with van der Waals surface area (Å²) in [6.07, 6.45) is 0. The molecule has 7 nitrogen and oxygen atoms in total. The van der Waals surface area contributed by atoms with Gasteiger partial charge in [-0.15, -0.1) is 0 Å². The van der Waals surface area contributed by atoms with Crippen LogP contribution in [0.2, 0.25) is 0 Å². The van der Waals surface area contributed by atoms with Crippen molar-refractivity contribution in [1.82, 2.24) is 5.32 Å². The second-order valence-corrected chi connectivity index (χ2v) is 3.36. The smallest absolute Gasteiger partial charge is 0.273 e. The SMILES string of the molecule is Cc1c(C(=O)NCC(N)=O)cccc1[N+](=O)[O-]. The van der Waals surface area contributed by atoms with Crippen molar-refractivity contribution in [3.05, 3.63) is 39.4 Å². The van der Waals surface area contributed by atoms with Crippen LogP contribution in [0.5, 0.6) is 0 Å². The molecular weight excluding hydrogens is 226 g/mol. The third-order valence-corrected chi connectivity index (χ3v) is 2.17. The number of nitrogens with zero attached hydrogens (tertiary/aromatic N) is 1. The molecule has 2 amide bonds. The van der Waals surface area contributed by atoms with Gasteiger partial charge in [0.05, 0.1) is 11.5 Å². The Morgan fingerprint density at radius 2 is 2.12 bits per heavy atom. The number of nitrogens with one attached hydrogen (secondary N) is 1. The molecule has 0 spiro atoms. The topological polar surface area (TPSA) is 115 Å². The van der Waals surface area contributed by atoms with Gasteiger partial charge in [0, 0.05) is 17.2 Å². The minimum absolute atomic E-state index is 0.142. The highest BCUT2D eigenvalue weighted by Crippen LogP contribution is 2.20. The van der Waals surface area contributed by atoms with Crippen molar-refractivity contribution < 1.29 is 14.5 Å². The van der Waals surface area contributed by atoms with E-state index in [1.54, 1.807) is 0 Å². The van der Waals surface area contributed by atoms with E-state index in [4.69, 9.17) is 5.73 Å². The van der Waals surface area contributed by atoms with Gasteiger partial charge >= 0.3 is 0 Å². The van der Waals surface area contributed by atoms with E-state index in [0.29, 0.717) is 0 Å². The van der Waals surface area contributed by atoms with E-state index in [1.165, 1.54) is 25.1 Å². The molecule has 0 aliphatic heterocycles. The molecule has 1 aromatic rings. The Morgan fingerprint density at radius 1 is 1.47 bits per heavy atom. The van der Waals surface area contributed by atoms with Crippen molar-refractivity contribution >= 4 is 17.5 Å². The van der Waals surface area contributed by atoms with Crippen molar-refractivity contribution in [2.75, 3.05) is 6.54 Å². The van der Waals surface area contributed by atoms with Gasteiger partial charge in [-0.25, -0.2) is 0 Å². The molecule has 0 saturated carbocycles. The average molecular weight is 237 g/mol. The van der Waals surface area contributed by atoms with Crippen molar-refractivity contribution in [3.8, 4) is 0 Å². The number of carbonyl (C=O) groups is 2. The predicted molar refractivity (Wildman–Crippen MR) is 59.4 cm³/mol. The van der Waals surface area contributed by atoms with Gasteiger partial charge in [0.1, 0.15) is 0 Å². The first kappa shape index (κ1) is 12.6. The number of nitrogens with two attached hydrogens (primary N) is 1. The van der Waals surface area contributed by atoms with E-state index in [1.807, 2.05) is 0 Å². The molecule has 90 valence electrons. The van der Waals surface area contributed by atoms with E-state index in [2.05, 4.69) is 5.32 Å². The van der Waals surface area contributed by atoms with Crippen LogP contribution in [0.15, 0.2) is 18.2 Å². The summed E-state index contributed by atoms with van der Waals surface area (Å²) in [5, 5.41) is 12.9. The summed E-state index contributed by atoms with van der Waals surface area (Å²) in [5.41, 5.74) is 5.13. The summed E-state index contributed by atoms with van der Waals surface area (Å²) in [6, 6.07) is 4.16. The molecule has 0 aromatic heterocycles. The maximum atomic E-state index is 11.6. The van der Waals surface area contributed by atoms with Gasteiger partial charge in [0.15, 0.2) is 0 Å². The molecule has 0 saturated heterocycles. The number of primary amides is 1. The molecule has 0 radical (unpaired) electrons. The summed E-state index contributed by atoms with van der Waals surface area (Å²) >= 11 is 0. The van der Waals surface area contributed by atoms with Gasteiger partial charge in [0.25, 0.3) is 11.6 Å². The van der Waals surface area contributed by atoms with E-state index >= 15 is 0 Å². The minimum atomic E-state index is -0.679. The van der Waals surface area contributed by atoms with Crippen LogP contribution in [0.1, 0.15) is 15.9 Å². The second-order valence-electron chi connectivity index (χ2n) is 3.36. The van der Waals surface area contributed by atoms with Crippen LogP contribution in [0.25, 0.3) is 0 Å². The normalized spacial score (nSPS) is 9.71. The molecule has 0 aliphatic carbocycles. The summed E-state index contributed by atoms with van der Waals surface area (Å²) < 4.78 is 0. The number of rotatable bonds is 4. The number of nitro groups is 1. The van der Waals surface area contributed by atoms with Crippen LogP contribution < -0.4 is 11.1 Å². The van der Waals surface area contributed by atoms with Crippen LogP contribution >= 0.6 is 0 Å². The number of hydrogen-bond acceptors (Lipinski definition) is 4. The zero-order valence-electron chi connectivity index (χ0n) is 9.10. The van der Waals surface area contributed by atoms with E-state index in [-0.39, 0.29) is 23.4 Å². The molecule has 0 aliphatic rings. The highest BCUT2D eigenvalue weighted by Gasteiger charge is 2.17. The molecule has 0 fully saturated rings. The Hall–Kier alpha value is -2.44. The fraction of sp³-hybridized carbons (Fsp3) is 0.200. The molecule has 7 heteroatoms. The second kappa shape index (κ2) is 5.06. The molecular formula is C10H11N3O4. The zero-order valence-corrected chi connectivity index (χ0v) is 9.10. The maximum absolute atomic E-state index is 11.6. The Kier molecular flexibility index (Phi) is 3.76. The lowest BCUT2D eigenvalue weighted by Gasteiger charge is -2.06. The van der Waals surface area contributed by atoms with Gasteiger partial charge in [-0.05, 0) is 13.0 Å². The zero-order chi connectivity index (χ0) is 13.0. The fourth-order valence-corrected chi connectivity index (χ4v) is 1.33. The van der Waals surface area contributed by atoms with Crippen molar-refractivity contribution in [2.45, 2.75) is 6.92 Å². The Labute approximate surface area is 96.8 Å². The molecule has 0 heterocycles.